The molecule has 3 rings (SSSR count). The van der Waals surface area contributed by atoms with Crippen molar-refractivity contribution < 1.29 is 24.2 Å². The molecule has 3 fully saturated rings. The number of hydrogen-bond donors (Lipinski definition) is 2. The number of aliphatic carboxylic acids is 1. The summed E-state index contributed by atoms with van der Waals surface area (Å²) in [7, 11) is 0. The number of carboxylic acid groups (broad SMARTS) is 1. The van der Waals surface area contributed by atoms with Crippen molar-refractivity contribution in [2.24, 2.45) is 0 Å². The van der Waals surface area contributed by atoms with E-state index in [1.54, 1.807) is 4.90 Å². The van der Waals surface area contributed by atoms with E-state index in [0.717, 1.165) is 17.7 Å². The lowest BCUT2D eigenvalue weighted by molar-refractivity contribution is -0.144. The third-order valence-electron chi connectivity index (χ3n) is 4.03. The highest BCUT2D eigenvalue weighted by molar-refractivity contribution is 5.90. The average molecular weight is 283 g/mol. The van der Waals surface area contributed by atoms with Crippen LogP contribution in [0.15, 0.2) is 0 Å². The van der Waals surface area contributed by atoms with E-state index in [9.17, 15) is 19.5 Å². The lowest BCUT2D eigenvalue weighted by Gasteiger charge is -2.39. The van der Waals surface area contributed by atoms with Crippen LogP contribution in [0, 0.1) is 0 Å². The standard InChI is InChI=1S/C12H17N3O5/c16-10-6-15(9(3-13-10)11(17)18)12(19)14-4-7-1-2-8(5-14)20-7/h7-9H,1-6H2,(H,13,16)(H,17,18). The van der Waals surface area contributed by atoms with E-state index in [1.807, 2.05) is 0 Å². The van der Waals surface area contributed by atoms with Crippen LogP contribution >= 0.6 is 0 Å². The van der Waals surface area contributed by atoms with Gasteiger partial charge in [0.1, 0.15) is 12.6 Å². The summed E-state index contributed by atoms with van der Waals surface area (Å²) in [6.45, 7) is 0.694. The van der Waals surface area contributed by atoms with Crippen LogP contribution in [0.3, 0.4) is 0 Å². The van der Waals surface area contributed by atoms with E-state index >= 15 is 0 Å². The largest absolute Gasteiger partial charge is 0.480 e. The number of morpholine rings is 1. The van der Waals surface area contributed by atoms with Gasteiger partial charge in [-0.05, 0) is 12.8 Å². The van der Waals surface area contributed by atoms with Gasteiger partial charge in [-0.2, -0.15) is 0 Å². The lowest BCUT2D eigenvalue weighted by Crippen LogP contribution is -2.63. The number of rotatable bonds is 1. The van der Waals surface area contributed by atoms with E-state index in [4.69, 9.17) is 4.74 Å². The quantitative estimate of drug-likeness (QED) is 0.633. The first kappa shape index (κ1) is 13.2. The fourth-order valence-electron chi connectivity index (χ4n) is 3.02. The van der Waals surface area contributed by atoms with E-state index in [0.29, 0.717) is 13.1 Å². The van der Waals surface area contributed by atoms with Gasteiger partial charge in [0, 0.05) is 19.6 Å². The molecule has 8 heteroatoms. The lowest BCUT2D eigenvalue weighted by atomic mass is 10.2. The second-order valence-electron chi connectivity index (χ2n) is 5.43. The van der Waals surface area contributed by atoms with Gasteiger partial charge in [-0.1, -0.05) is 0 Å². The Labute approximate surface area is 115 Å². The number of amides is 3. The number of ether oxygens (including phenoxy) is 1. The maximum atomic E-state index is 12.5. The molecule has 3 amide bonds. The SMILES string of the molecule is O=C1CN(C(=O)N2CC3CCC(C2)O3)C(C(=O)O)CN1. The van der Waals surface area contributed by atoms with Gasteiger partial charge in [0.15, 0.2) is 0 Å². The van der Waals surface area contributed by atoms with Crippen LogP contribution in [-0.4, -0.2) is 77.2 Å². The highest BCUT2D eigenvalue weighted by atomic mass is 16.5. The number of hydrogen-bond acceptors (Lipinski definition) is 4. The number of likely N-dealkylation sites (tertiary alicyclic amines) is 1. The molecule has 0 aromatic carbocycles. The molecule has 110 valence electrons. The number of nitrogens with one attached hydrogen (secondary N) is 1. The van der Waals surface area contributed by atoms with Crippen LogP contribution in [0.4, 0.5) is 4.79 Å². The van der Waals surface area contributed by atoms with Crippen molar-refractivity contribution in [1.29, 1.82) is 0 Å². The fraction of sp³-hybridized carbons (Fsp3) is 0.750. The Hall–Kier alpha value is -1.83. The van der Waals surface area contributed by atoms with Crippen molar-refractivity contribution in [3.05, 3.63) is 0 Å². The summed E-state index contributed by atoms with van der Waals surface area (Å²) in [5, 5.41) is 11.6. The zero-order valence-electron chi connectivity index (χ0n) is 10.9. The monoisotopic (exact) mass is 283 g/mol. The fourth-order valence-corrected chi connectivity index (χ4v) is 3.02. The van der Waals surface area contributed by atoms with Crippen LogP contribution in [0.25, 0.3) is 0 Å². The molecule has 0 aromatic heterocycles. The average Bonchev–Trinajstić information content (AvgIpc) is 2.76. The second kappa shape index (κ2) is 4.93. The van der Waals surface area contributed by atoms with Crippen molar-refractivity contribution in [1.82, 2.24) is 15.1 Å². The van der Waals surface area contributed by atoms with Crippen molar-refractivity contribution in [3.8, 4) is 0 Å². The molecule has 3 aliphatic heterocycles. The summed E-state index contributed by atoms with van der Waals surface area (Å²) in [6, 6.07) is -1.38. The number of piperazine rings is 1. The Morgan fingerprint density at radius 1 is 1.25 bits per heavy atom. The molecule has 0 spiro atoms. The summed E-state index contributed by atoms with van der Waals surface area (Å²) < 4.78 is 5.65. The molecular formula is C12H17N3O5. The Balaban J connectivity index is 1.73. The van der Waals surface area contributed by atoms with Gasteiger partial charge in [0.25, 0.3) is 0 Å². The molecule has 20 heavy (non-hydrogen) atoms. The topological polar surface area (TPSA) is 99.2 Å². The summed E-state index contributed by atoms with van der Waals surface area (Å²) in [6.07, 6.45) is 1.94. The molecule has 0 aliphatic carbocycles. The minimum atomic E-state index is -1.10. The molecule has 3 unspecified atom stereocenters. The highest BCUT2D eigenvalue weighted by Gasteiger charge is 2.41. The molecule has 3 atom stereocenters. The van der Waals surface area contributed by atoms with Crippen LogP contribution < -0.4 is 5.32 Å². The summed E-state index contributed by atoms with van der Waals surface area (Å²) >= 11 is 0. The smallest absolute Gasteiger partial charge is 0.328 e. The van der Waals surface area contributed by atoms with E-state index in [2.05, 4.69) is 5.32 Å². The number of fused-ring (bicyclic) bond motifs is 2. The number of carboxylic acids is 1. The summed E-state index contributed by atoms with van der Waals surface area (Å²) in [5.74, 6) is -1.43. The van der Waals surface area contributed by atoms with Gasteiger partial charge in [-0.25, -0.2) is 9.59 Å². The van der Waals surface area contributed by atoms with Crippen molar-refractivity contribution >= 4 is 17.9 Å². The van der Waals surface area contributed by atoms with Gasteiger partial charge in [0.05, 0.1) is 12.2 Å². The summed E-state index contributed by atoms with van der Waals surface area (Å²) in [4.78, 5) is 37.9. The first-order valence-electron chi connectivity index (χ1n) is 6.75. The molecule has 3 heterocycles. The Kier molecular flexibility index (Phi) is 3.25. The highest BCUT2D eigenvalue weighted by Crippen LogP contribution is 2.27. The van der Waals surface area contributed by atoms with E-state index < -0.39 is 12.0 Å². The molecule has 2 N–H and O–H groups in total. The molecule has 2 bridgehead atoms. The summed E-state index contributed by atoms with van der Waals surface area (Å²) in [5.41, 5.74) is 0. The second-order valence-corrected chi connectivity index (χ2v) is 5.43. The Morgan fingerprint density at radius 2 is 1.90 bits per heavy atom. The molecule has 8 nitrogen and oxygen atoms in total. The Bertz CT molecular complexity index is 442. The van der Waals surface area contributed by atoms with Gasteiger partial charge in [0.2, 0.25) is 5.91 Å². The maximum Gasteiger partial charge on any atom is 0.328 e. The van der Waals surface area contributed by atoms with E-state index in [1.165, 1.54) is 0 Å². The van der Waals surface area contributed by atoms with Crippen LogP contribution in [-0.2, 0) is 14.3 Å². The first-order chi connectivity index (χ1) is 9.54. The number of carbonyl (C=O) groups is 3. The molecule has 0 saturated carbocycles. The number of carbonyl (C=O) groups excluding carboxylic acids is 2. The van der Waals surface area contributed by atoms with Crippen molar-refractivity contribution in [2.75, 3.05) is 26.2 Å². The minimum absolute atomic E-state index is 0.0413. The predicted octanol–water partition coefficient (Wildman–Crippen LogP) is -1.15. The normalized spacial score (nSPS) is 33.0. The minimum Gasteiger partial charge on any atom is -0.480 e. The molecule has 3 saturated heterocycles. The van der Waals surface area contributed by atoms with Gasteiger partial charge >= 0.3 is 12.0 Å². The van der Waals surface area contributed by atoms with Crippen LogP contribution in [0.2, 0.25) is 0 Å². The van der Waals surface area contributed by atoms with Gasteiger partial charge in [-0.3, -0.25) is 9.69 Å². The maximum absolute atomic E-state index is 12.5. The van der Waals surface area contributed by atoms with Crippen LogP contribution in [0.5, 0.6) is 0 Å². The van der Waals surface area contributed by atoms with Crippen LogP contribution in [0.1, 0.15) is 12.8 Å². The zero-order chi connectivity index (χ0) is 14.3. The molecule has 3 aliphatic rings. The first-order valence-corrected chi connectivity index (χ1v) is 6.75. The Morgan fingerprint density at radius 3 is 2.50 bits per heavy atom. The number of nitrogens with zero attached hydrogens (tertiary/aromatic N) is 2. The third-order valence-corrected chi connectivity index (χ3v) is 4.03. The van der Waals surface area contributed by atoms with Crippen molar-refractivity contribution in [3.63, 3.8) is 0 Å². The molecule has 0 aromatic rings. The van der Waals surface area contributed by atoms with E-state index in [-0.39, 0.29) is 37.2 Å². The van der Waals surface area contributed by atoms with Gasteiger partial charge in [-0.15, -0.1) is 0 Å². The predicted molar refractivity (Wildman–Crippen MR) is 66.0 cm³/mol. The van der Waals surface area contributed by atoms with Crippen molar-refractivity contribution in [2.45, 2.75) is 31.1 Å². The molecular weight excluding hydrogens is 266 g/mol. The molecule has 0 radical (unpaired) electrons. The van der Waals surface area contributed by atoms with Gasteiger partial charge < -0.3 is 20.1 Å². The number of urea groups is 1. The third kappa shape index (κ3) is 2.31. The zero-order valence-corrected chi connectivity index (χ0v) is 10.9.